The molecule has 16 heavy (non-hydrogen) atoms. The summed E-state index contributed by atoms with van der Waals surface area (Å²) < 4.78 is 1.18. The van der Waals surface area contributed by atoms with Gasteiger partial charge in [0.1, 0.15) is 5.01 Å². The first-order valence-corrected chi connectivity index (χ1v) is 5.84. The molecule has 4 heteroatoms. The molecule has 1 aromatic heterocycles. The van der Waals surface area contributed by atoms with Gasteiger partial charge in [-0.2, -0.15) is 0 Å². The Labute approximate surface area is 97.8 Å². The Morgan fingerprint density at radius 1 is 1.50 bits per heavy atom. The van der Waals surface area contributed by atoms with Gasteiger partial charge in [-0.15, -0.1) is 11.3 Å². The zero-order valence-electron chi connectivity index (χ0n) is 8.93. The third-order valence-corrected chi connectivity index (χ3v) is 3.04. The Kier molecular flexibility index (Phi) is 3.31. The molecule has 2 aromatic rings. The van der Waals surface area contributed by atoms with Gasteiger partial charge in [0.2, 0.25) is 5.91 Å². The summed E-state index contributed by atoms with van der Waals surface area (Å²) in [6.45, 7) is 2.05. The van der Waals surface area contributed by atoms with Crippen LogP contribution in [0.25, 0.3) is 16.3 Å². The molecule has 1 amide bonds. The Morgan fingerprint density at radius 2 is 2.31 bits per heavy atom. The number of fused-ring (bicyclic) bond motifs is 1. The maximum Gasteiger partial charge on any atom is 0.217 e. The zero-order chi connectivity index (χ0) is 11.4. The van der Waals surface area contributed by atoms with E-state index in [-0.39, 0.29) is 5.91 Å². The summed E-state index contributed by atoms with van der Waals surface area (Å²) in [4.78, 5) is 15.1. The number of amides is 1. The summed E-state index contributed by atoms with van der Waals surface area (Å²) in [6.07, 6.45) is 3.83. The van der Waals surface area contributed by atoms with Crippen LogP contribution in [0.2, 0.25) is 0 Å². The van der Waals surface area contributed by atoms with Crippen molar-refractivity contribution in [2.24, 2.45) is 0 Å². The smallest absolute Gasteiger partial charge is 0.217 e. The molecule has 2 rings (SSSR count). The lowest BCUT2D eigenvalue weighted by Gasteiger charge is -1.92. The fourth-order valence-electron chi connectivity index (χ4n) is 1.32. The van der Waals surface area contributed by atoms with Gasteiger partial charge in [0.15, 0.2) is 0 Å². The van der Waals surface area contributed by atoms with Crippen LogP contribution in [0, 0.1) is 0 Å². The molecule has 0 saturated carbocycles. The number of nitrogens with one attached hydrogen (secondary N) is 1. The van der Waals surface area contributed by atoms with Crippen molar-refractivity contribution in [2.75, 3.05) is 6.54 Å². The van der Waals surface area contributed by atoms with E-state index in [1.165, 1.54) is 11.6 Å². The number of aromatic nitrogens is 1. The molecule has 0 spiro atoms. The monoisotopic (exact) mass is 232 g/mol. The summed E-state index contributed by atoms with van der Waals surface area (Å²) in [5, 5.41) is 3.67. The van der Waals surface area contributed by atoms with Gasteiger partial charge in [-0.25, -0.2) is 4.98 Å². The summed E-state index contributed by atoms with van der Waals surface area (Å²) in [7, 11) is 0. The van der Waals surface area contributed by atoms with E-state index >= 15 is 0 Å². The first-order chi connectivity index (χ1) is 7.75. The second-order valence-corrected chi connectivity index (χ2v) is 4.42. The summed E-state index contributed by atoms with van der Waals surface area (Å²) in [5.74, 6) is -0.0195. The van der Waals surface area contributed by atoms with Crippen LogP contribution < -0.4 is 5.32 Å². The van der Waals surface area contributed by atoms with Crippen molar-refractivity contribution in [1.29, 1.82) is 0 Å². The van der Waals surface area contributed by atoms with Gasteiger partial charge in [0, 0.05) is 13.5 Å². The number of hydrogen-bond donors (Lipinski definition) is 1. The average molecular weight is 232 g/mol. The molecule has 82 valence electrons. The van der Waals surface area contributed by atoms with Gasteiger partial charge in [-0.1, -0.05) is 18.2 Å². The van der Waals surface area contributed by atoms with Crippen LogP contribution in [0.15, 0.2) is 30.3 Å². The highest BCUT2D eigenvalue weighted by atomic mass is 32.1. The molecule has 0 atom stereocenters. The summed E-state index contributed by atoms with van der Waals surface area (Å²) in [5.41, 5.74) is 1.02. The summed E-state index contributed by atoms with van der Waals surface area (Å²) in [6, 6.07) is 8.04. The summed E-state index contributed by atoms with van der Waals surface area (Å²) >= 11 is 1.65. The van der Waals surface area contributed by atoms with E-state index in [2.05, 4.69) is 16.4 Å². The second kappa shape index (κ2) is 4.90. The normalized spacial score (nSPS) is 11.1. The van der Waals surface area contributed by atoms with E-state index < -0.39 is 0 Å². The molecular formula is C12H12N2OS. The van der Waals surface area contributed by atoms with E-state index in [1.54, 1.807) is 11.3 Å². The predicted molar refractivity (Wildman–Crippen MR) is 67.3 cm³/mol. The first-order valence-electron chi connectivity index (χ1n) is 5.02. The molecule has 0 aliphatic heterocycles. The van der Waals surface area contributed by atoms with Crippen LogP contribution in [0.5, 0.6) is 0 Å². The van der Waals surface area contributed by atoms with Crippen molar-refractivity contribution in [3.8, 4) is 0 Å². The van der Waals surface area contributed by atoms with Crippen molar-refractivity contribution >= 4 is 33.5 Å². The topological polar surface area (TPSA) is 42.0 Å². The minimum Gasteiger partial charge on any atom is -0.353 e. The minimum atomic E-state index is -0.0195. The molecule has 1 heterocycles. The molecule has 3 nitrogen and oxygen atoms in total. The minimum absolute atomic E-state index is 0.0195. The molecular weight excluding hydrogens is 220 g/mol. The largest absolute Gasteiger partial charge is 0.353 e. The molecule has 0 aliphatic rings. The van der Waals surface area contributed by atoms with Gasteiger partial charge < -0.3 is 5.32 Å². The molecule has 0 fully saturated rings. The number of rotatable bonds is 3. The molecule has 0 aliphatic carbocycles. The maximum atomic E-state index is 10.6. The highest BCUT2D eigenvalue weighted by Gasteiger charge is 1.98. The molecule has 1 aromatic carbocycles. The molecule has 0 saturated heterocycles. The highest BCUT2D eigenvalue weighted by molar-refractivity contribution is 7.19. The Morgan fingerprint density at radius 3 is 3.06 bits per heavy atom. The number of benzene rings is 1. The van der Waals surface area contributed by atoms with Crippen LogP contribution in [0.4, 0.5) is 0 Å². The van der Waals surface area contributed by atoms with Crippen molar-refractivity contribution in [1.82, 2.24) is 10.3 Å². The predicted octanol–water partition coefficient (Wildman–Crippen LogP) is 2.45. The van der Waals surface area contributed by atoms with Crippen molar-refractivity contribution < 1.29 is 4.79 Å². The van der Waals surface area contributed by atoms with E-state index in [9.17, 15) is 4.79 Å². The van der Waals surface area contributed by atoms with Crippen LogP contribution in [0.3, 0.4) is 0 Å². The van der Waals surface area contributed by atoms with Gasteiger partial charge in [0.05, 0.1) is 10.2 Å². The zero-order valence-corrected chi connectivity index (χ0v) is 9.75. The third kappa shape index (κ3) is 2.67. The fourth-order valence-corrected chi connectivity index (χ4v) is 2.22. The third-order valence-electron chi connectivity index (χ3n) is 2.04. The van der Waals surface area contributed by atoms with Crippen molar-refractivity contribution in [3.05, 3.63) is 35.3 Å². The Bertz CT molecular complexity index is 498. The van der Waals surface area contributed by atoms with Crippen molar-refractivity contribution in [3.63, 3.8) is 0 Å². The number of carbonyl (C=O) groups excluding carboxylic acids is 1. The fraction of sp³-hybridized carbons (Fsp3) is 0.167. The molecule has 0 radical (unpaired) electrons. The quantitative estimate of drug-likeness (QED) is 0.883. The van der Waals surface area contributed by atoms with Gasteiger partial charge in [-0.05, 0) is 18.2 Å². The lowest BCUT2D eigenvalue weighted by Crippen LogP contribution is -2.19. The highest BCUT2D eigenvalue weighted by Crippen LogP contribution is 2.22. The number of nitrogens with zero attached hydrogens (tertiary/aromatic N) is 1. The van der Waals surface area contributed by atoms with Gasteiger partial charge >= 0.3 is 0 Å². The van der Waals surface area contributed by atoms with Gasteiger partial charge in [-0.3, -0.25) is 4.79 Å². The number of para-hydroxylation sites is 1. The van der Waals surface area contributed by atoms with Crippen LogP contribution in [0.1, 0.15) is 11.9 Å². The van der Waals surface area contributed by atoms with E-state index in [4.69, 9.17) is 0 Å². The van der Waals surface area contributed by atoms with Crippen LogP contribution in [-0.4, -0.2) is 17.4 Å². The van der Waals surface area contributed by atoms with Crippen LogP contribution in [-0.2, 0) is 4.79 Å². The first kappa shape index (κ1) is 10.8. The van der Waals surface area contributed by atoms with Crippen molar-refractivity contribution in [2.45, 2.75) is 6.92 Å². The van der Waals surface area contributed by atoms with E-state index in [0.29, 0.717) is 6.54 Å². The molecule has 0 bridgehead atoms. The SMILES string of the molecule is CC(=O)NCC=Cc1nc2ccccc2s1. The maximum absolute atomic E-state index is 10.6. The number of hydrogen-bond acceptors (Lipinski definition) is 3. The molecule has 1 N–H and O–H groups in total. The van der Waals surface area contributed by atoms with E-state index in [0.717, 1.165) is 10.5 Å². The Balaban J connectivity index is 2.06. The van der Waals surface area contributed by atoms with Crippen LogP contribution >= 0.6 is 11.3 Å². The second-order valence-electron chi connectivity index (χ2n) is 3.36. The van der Waals surface area contributed by atoms with E-state index in [1.807, 2.05) is 30.4 Å². The Hall–Kier alpha value is -1.68. The number of thiazole rings is 1. The molecule has 0 unspecified atom stereocenters. The number of carbonyl (C=O) groups is 1. The van der Waals surface area contributed by atoms with Gasteiger partial charge in [0.25, 0.3) is 0 Å². The standard InChI is InChI=1S/C12H12N2OS/c1-9(15)13-8-4-7-12-14-10-5-2-3-6-11(10)16-12/h2-7H,8H2,1H3,(H,13,15). The average Bonchev–Trinajstić information content (AvgIpc) is 2.66. The lowest BCUT2D eigenvalue weighted by atomic mass is 10.3. The lowest BCUT2D eigenvalue weighted by molar-refractivity contribution is -0.118.